The average Bonchev–Trinajstić information content (AvgIpc) is 3.67. The van der Waals surface area contributed by atoms with Crippen LogP contribution in [0.1, 0.15) is 42.5 Å². The van der Waals surface area contributed by atoms with E-state index in [2.05, 4.69) is 15.5 Å². The highest BCUT2D eigenvalue weighted by molar-refractivity contribution is 6.30. The fraction of sp³-hybridized carbons (Fsp3) is 0.444. The lowest BCUT2D eigenvalue weighted by atomic mass is 10.1. The lowest BCUT2D eigenvalue weighted by Crippen LogP contribution is -2.45. The predicted molar refractivity (Wildman–Crippen MR) is 143 cm³/mol. The number of halogens is 1. The number of carbonyl (C=O) groups is 3. The molecule has 3 aliphatic rings. The molecule has 0 unspecified atom stereocenters. The number of anilines is 3. The summed E-state index contributed by atoms with van der Waals surface area (Å²) < 4.78 is 0. The zero-order valence-corrected chi connectivity index (χ0v) is 21.4. The summed E-state index contributed by atoms with van der Waals surface area (Å²) in [7, 11) is 0. The number of urea groups is 1. The number of nitrogens with zero attached hydrogens (tertiary/aromatic N) is 3. The smallest absolute Gasteiger partial charge is 0.322 e. The molecule has 3 heterocycles. The molecule has 37 heavy (non-hydrogen) atoms. The van der Waals surface area contributed by atoms with Crippen molar-refractivity contribution in [3.05, 3.63) is 53.1 Å². The summed E-state index contributed by atoms with van der Waals surface area (Å²) in [6, 6.07) is 10.8. The van der Waals surface area contributed by atoms with E-state index in [-0.39, 0.29) is 24.8 Å². The maximum absolute atomic E-state index is 13.4. The molecule has 3 fully saturated rings. The van der Waals surface area contributed by atoms with Gasteiger partial charge in [0.25, 0.3) is 5.91 Å². The minimum atomic E-state index is -0.834. The zero-order valence-electron chi connectivity index (χ0n) is 20.7. The Morgan fingerprint density at radius 3 is 2.27 bits per heavy atom. The van der Waals surface area contributed by atoms with Crippen molar-refractivity contribution in [2.75, 3.05) is 48.3 Å². The summed E-state index contributed by atoms with van der Waals surface area (Å²) in [6.45, 7) is 3.30. The van der Waals surface area contributed by atoms with E-state index in [1.54, 1.807) is 36.4 Å². The third-order valence-electron chi connectivity index (χ3n) is 7.28. The van der Waals surface area contributed by atoms with E-state index in [4.69, 9.17) is 11.6 Å². The quantitative estimate of drug-likeness (QED) is 0.551. The Kier molecular flexibility index (Phi) is 7.53. The van der Waals surface area contributed by atoms with Gasteiger partial charge in [-0.2, -0.15) is 0 Å². The van der Waals surface area contributed by atoms with Crippen LogP contribution in [0.3, 0.4) is 0 Å². The van der Waals surface area contributed by atoms with Gasteiger partial charge in [-0.3, -0.25) is 9.59 Å². The van der Waals surface area contributed by atoms with Gasteiger partial charge in [0.2, 0.25) is 5.91 Å². The molecule has 2 atom stereocenters. The Balaban J connectivity index is 1.34. The molecule has 0 radical (unpaired) electrons. The molecule has 4 amide bonds. The Labute approximate surface area is 221 Å². The number of rotatable bonds is 5. The molecule has 3 N–H and O–H groups in total. The van der Waals surface area contributed by atoms with Gasteiger partial charge in [-0.15, -0.1) is 0 Å². The van der Waals surface area contributed by atoms with Crippen LogP contribution in [0.25, 0.3) is 0 Å². The van der Waals surface area contributed by atoms with Crippen molar-refractivity contribution in [3.63, 3.8) is 0 Å². The summed E-state index contributed by atoms with van der Waals surface area (Å²) in [5.41, 5.74) is 2.57. The van der Waals surface area contributed by atoms with Crippen LogP contribution in [0.4, 0.5) is 21.9 Å². The number of β-amino-alcohol motifs (C(OH)–C–C–N with tert-alkyl or cyclic N) is 1. The Hall–Kier alpha value is -3.30. The normalized spacial score (nSPS) is 21.4. The second-order valence-corrected chi connectivity index (χ2v) is 10.3. The summed E-state index contributed by atoms with van der Waals surface area (Å²) in [5, 5.41) is 16.6. The highest BCUT2D eigenvalue weighted by Gasteiger charge is 2.39. The first-order chi connectivity index (χ1) is 17.9. The molecule has 0 bridgehead atoms. The van der Waals surface area contributed by atoms with Gasteiger partial charge in [0.15, 0.2) is 0 Å². The second kappa shape index (κ2) is 11.0. The fourth-order valence-corrected chi connectivity index (χ4v) is 5.45. The Morgan fingerprint density at radius 1 is 0.892 bits per heavy atom. The molecule has 0 aliphatic carbocycles. The summed E-state index contributed by atoms with van der Waals surface area (Å²) in [6.07, 6.45) is 3.48. The molecular formula is C27H32ClN5O4. The molecule has 10 heteroatoms. The number of hydrogen-bond acceptors (Lipinski definition) is 5. The molecule has 2 aromatic carbocycles. The minimum Gasteiger partial charge on any atom is -0.391 e. The number of hydrogen-bond donors (Lipinski definition) is 3. The lowest BCUT2D eigenvalue weighted by Gasteiger charge is -2.26. The molecule has 3 aliphatic heterocycles. The maximum atomic E-state index is 13.4. The molecule has 2 aromatic rings. The lowest BCUT2D eigenvalue weighted by molar-refractivity contribution is -0.119. The van der Waals surface area contributed by atoms with Crippen molar-refractivity contribution in [1.29, 1.82) is 0 Å². The van der Waals surface area contributed by atoms with Crippen LogP contribution in [0.15, 0.2) is 42.5 Å². The number of nitrogens with one attached hydrogen (secondary N) is 2. The van der Waals surface area contributed by atoms with Crippen molar-refractivity contribution in [2.24, 2.45) is 0 Å². The average molecular weight is 526 g/mol. The maximum Gasteiger partial charge on any atom is 0.322 e. The van der Waals surface area contributed by atoms with Crippen molar-refractivity contribution in [2.45, 2.75) is 44.2 Å². The van der Waals surface area contributed by atoms with E-state index < -0.39 is 18.2 Å². The minimum absolute atomic E-state index is 0.0137. The van der Waals surface area contributed by atoms with Crippen molar-refractivity contribution in [1.82, 2.24) is 9.80 Å². The van der Waals surface area contributed by atoms with Crippen LogP contribution in [0.5, 0.6) is 0 Å². The Morgan fingerprint density at radius 2 is 1.57 bits per heavy atom. The second-order valence-electron chi connectivity index (χ2n) is 9.91. The first kappa shape index (κ1) is 25.4. The fourth-order valence-electron chi connectivity index (χ4n) is 5.32. The molecule has 5 rings (SSSR count). The van der Waals surface area contributed by atoms with E-state index in [1.165, 1.54) is 4.90 Å². The van der Waals surface area contributed by atoms with Crippen molar-refractivity contribution in [3.8, 4) is 0 Å². The SMILES string of the molecule is O=C(Nc1ccc(C(=O)N2CCCC2)cc1N1CCCC1)[C@H]1C[C@@H](O)CN1C(=O)Nc1ccc(Cl)cc1. The van der Waals surface area contributed by atoms with Gasteiger partial charge in [-0.1, -0.05) is 11.6 Å². The summed E-state index contributed by atoms with van der Waals surface area (Å²) in [5.74, 6) is -0.360. The van der Waals surface area contributed by atoms with E-state index in [9.17, 15) is 19.5 Å². The van der Waals surface area contributed by atoms with Gasteiger partial charge in [-0.25, -0.2) is 4.79 Å². The number of likely N-dealkylation sites (tertiary alicyclic amines) is 2. The van der Waals surface area contributed by atoms with Crippen LogP contribution in [-0.2, 0) is 4.79 Å². The van der Waals surface area contributed by atoms with Crippen LogP contribution >= 0.6 is 11.6 Å². The molecular weight excluding hydrogens is 494 g/mol. The monoisotopic (exact) mass is 525 g/mol. The number of aliphatic hydroxyl groups is 1. The molecule has 3 saturated heterocycles. The molecule has 0 spiro atoms. The molecule has 0 aromatic heterocycles. The third-order valence-corrected chi connectivity index (χ3v) is 7.53. The van der Waals surface area contributed by atoms with Gasteiger partial charge >= 0.3 is 6.03 Å². The summed E-state index contributed by atoms with van der Waals surface area (Å²) >= 11 is 5.92. The van der Waals surface area contributed by atoms with Gasteiger partial charge in [0, 0.05) is 55.4 Å². The van der Waals surface area contributed by atoms with Gasteiger partial charge in [-0.05, 0) is 68.1 Å². The number of benzene rings is 2. The number of aliphatic hydroxyl groups excluding tert-OH is 1. The third kappa shape index (κ3) is 5.67. The first-order valence-corrected chi connectivity index (χ1v) is 13.3. The number of carbonyl (C=O) groups excluding carboxylic acids is 3. The van der Waals surface area contributed by atoms with E-state index in [1.807, 2.05) is 11.0 Å². The topological polar surface area (TPSA) is 105 Å². The largest absolute Gasteiger partial charge is 0.391 e. The molecule has 196 valence electrons. The first-order valence-electron chi connectivity index (χ1n) is 12.9. The standard InChI is InChI=1S/C27H32ClN5O4/c28-19-6-8-20(9-7-19)29-27(37)33-17-21(34)16-24(33)25(35)30-22-10-5-18(26(36)32-13-3-4-14-32)15-23(22)31-11-1-2-12-31/h5-10,15,21,24,34H,1-4,11-14,16-17H2,(H,29,37)(H,30,35)/t21-,24-/m1/s1. The van der Waals surface area contributed by atoms with E-state index in [0.29, 0.717) is 22.0 Å². The van der Waals surface area contributed by atoms with Crippen LogP contribution < -0.4 is 15.5 Å². The van der Waals surface area contributed by atoms with Crippen LogP contribution in [-0.4, -0.2) is 77.6 Å². The molecule has 0 saturated carbocycles. The predicted octanol–water partition coefficient (Wildman–Crippen LogP) is 3.78. The van der Waals surface area contributed by atoms with Gasteiger partial charge in [0.1, 0.15) is 6.04 Å². The van der Waals surface area contributed by atoms with Crippen molar-refractivity contribution < 1.29 is 19.5 Å². The van der Waals surface area contributed by atoms with E-state index >= 15 is 0 Å². The van der Waals surface area contributed by atoms with Gasteiger partial charge in [0.05, 0.1) is 17.5 Å². The molecule has 9 nitrogen and oxygen atoms in total. The Bertz CT molecular complexity index is 1160. The highest BCUT2D eigenvalue weighted by Crippen LogP contribution is 2.32. The van der Waals surface area contributed by atoms with Crippen molar-refractivity contribution >= 4 is 46.5 Å². The van der Waals surface area contributed by atoms with Gasteiger partial charge < -0.3 is 30.4 Å². The van der Waals surface area contributed by atoms with Crippen LogP contribution in [0, 0.1) is 0 Å². The van der Waals surface area contributed by atoms with Crippen LogP contribution in [0.2, 0.25) is 5.02 Å². The highest BCUT2D eigenvalue weighted by atomic mass is 35.5. The number of amides is 4. The zero-order chi connectivity index (χ0) is 25.9. The van der Waals surface area contributed by atoms with E-state index in [0.717, 1.165) is 57.5 Å². The summed E-state index contributed by atoms with van der Waals surface area (Å²) in [4.78, 5) is 44.8.